The second-order valence-electron chi connectivity index (χ2n) is 11.1. The number of hydrogen-bond donors (Lipinski definition) is 4. The standard InChI is InChI=1S/C30H50N4O6/c1-6-8-10-11-12-13-21-34(26(27(37)32-20-9-7-2)22-14-16-23(35)17-15-22)28(38)24(18-19-25(31)36)33-29(39)40-30(3,4)5/h14-17,24,26,35H,6-13,18-21H2,1-5H3,(H2,31,36)(H,32,37)(H,33,39). The number of nitrogens with zero attached hydrogens (tertiary/aromatic N) is 1. The number of rotatable bonds is 18. The molecular weight excluding hydrogens is 512 g/mol. The van der Waals surface area contributed by atoms with E-state index in [1.54, 1.807) is 32.9 Å². The minimum absolute atomic E-state index is 0.0358. The highest BCUT2D eigenvalue weighted by atomic mass is 16.6. The molecule has 1 aromatic rings. The van der Waals surface area contributed by atoms with E-state index in [2.05, 4.69) is 17.6 Å². The van der Waals surface area contributed by atoms with E-state index in [0.29, 0.717) is 18.5 Å². The van der Waals surface area contributed by atoms with Crippen molar-refractivity contribution < 1.29 is 29.0 Å². The summed E-state index contributed by atoms with van der Waals surface area (Å²) in [6, 6.07) is 4.03. The van der Waals surface area contributed by atoms with Gasteiger partial charge in [0.15, 0.2) is 0 Å². The first-order valence-corrected chi connectivity index (χ1v) is 14.5. The van der Waals surface area contributed by atoms with Gasteiger partial charge in [0.2, 0.25) is 17.7 Å². The SMILES string of the molecule is CCCCCCCCN(C(=O)C(CCC(N)=O)NC(=O)OC(C)(C)C)C(C(=O)NCCCC)c1ccc(O)cc1. The molecule has 2 unspecified atom stereocenters. The lowest BCUT2D eigenvalue weighted by Crippen LogP contribution is -2.53. The third kappa shape index (κ3) is 13.7. The number of unbranched alkanes of at least 4 members (excludes halogenated alkanes) is 6. The molecule has 226 valence electrons. The van der Waals surface area contributed by atoms with E-state index in [1.807, 2.05) is 6.92 Å². The number of aromatic hydroxyl groups is 1. The average Bonchev–Trinajstić information content (AvgIpc) is 2.87. The van der Waals surface area contributed by atoms with Gasteiger partial charge in [-0.2, -0.15) is 0 Å². The average molecular weight is 563 g/mol. The zero-order valence-electron chi connectivity index (χ0n) is 25.0. The fourth-order valence-corrected chi connectivity index (χ4v) is 4.24. The lowest BCUT2D eigenvalue weighted by Gasteiger charge is -2.34. The van der Waals surface area contributed by atoms with E-state index in [0.717, 1.165) is 44.9 Å². The summed E-state index contributed by atoms with van der Waals surface area (Å²) in [5, 5.41) is 15.4. The Morgan fingerprint density at radius 1 is 0.950 bits per heavy atom. The van der Waals surface area contributed by atoms with Crippen LogP contribution in [0.1, 0.15) is 110 Å². The van der Waals surface area contributed by atoms with Crippen LogP contribution in [0.4, 0.5) is 4.79 Å². The lowest BCUT2D eigenvalue weighted by molar-refractivity contribution is -0.142. The quantitative estimate of drug-likeness (QED) is 0.190. The molecule has 0 fully saturated rings. The Morgan fingerprint density at radius 2 is 1.55 bits per heavy atom. The largest absolute Gasteiger partial charge is 0.508 e. The van der Waals surface area contributed by atoms with Gasteiger partial charge in [0.05, 0.1) is 0 Å². The van der Waals surface area contributed by atoms with E-state index in [4.69, 9.17) is 10.5 Å². The van der Waals surface area contributed by atoms with E-state index in [-0.39, 0.29) is 31.0 Å². The van der Waals surface area contributed by atoms with Gasteiger partial charge < -0.3 is 31.1 Å². The summed E-state index contributed by atoms with van der Waals surface area (Å²) in [7, 11) is 0. The molecular formula is C30H50N4O6. The highest BCUT2D eigenvalue weighted by Gasteiger charge is 2.36. The van der Waals surface area contributed by atoms with E-state index in [1.165, 1.54) is 17.0 Å². The van der Waals surface area contributed by atoms with Crippen molar-refractivity contribution in [1.82, 2.24) is 15.5 Å². The van der Waals surface area contributed by atoms with Crippen molar-refractivity contribution >= 4 is 23.8 Å². The number of benzene rings is 1. The molecule has 1 rings (SSSR count). The zero-order chi connectivity index (χ0) is 30.1. The summed E-state index contributed by atoms with van der Waals surface area (Å²) < 4.78 is 5.37. The first kappa shape index (κ1) is 34.7. The minimum Gasteiger partial charge on any atom is -0.508 e. The molecule has 0 bridgehead atoms. The van der Waals surface area contributed by atoms with Crippen LogP contribution in [0, 0.1) is 0 Å². The number of alkyl carbamates (subject to hydrolysis) is 1. The number of phenolic OH excluding ortho intramolecular Hbond substituents is 1. The van der Waals surface area contributed by atoms with Crippen molar-refractivity contribution in [3.63, 3.8) is 0 Å². The van der Waals surface area contributed by atoms with Crippen molar-refractivity contribution in [2.75, 3.05) is 13.1 Å². The fraction of sp³-hybridized carbons (Fsp3) is 0.667. The van der Waals surface area contributed by atoms with Crippen molar-refractivity contribution in [3.8, 4) is 5.75 Å². The lowest BCUT2D eigenvalue weighted by atomic mass is 10.0. The maximum absolute atomic E-state index is 14.1. The summed E-state index contributed by atoms with van der Waals surface area (Å²) in [5.41, 5.74) is 5.10. The molecule has 40 heavy (non-hydrogen) atoms. The second kappa shape index (κ2) is 18.1. The number of hydrogen-bond acceptors (Lipinski definition) is 6. The highest BCUT2D eigenvalue weighted by Crippen LogP contribution is 2.26. The molecule has 0 heterocycles. The van der Waals surface area contributed by atoms with Crippen LogP contribution in [0.2, 0.25) is 0 Å². The molecule has 0 saturated carbocycles. The van der Waals surface area contributed by atoms with Crippen LogP contribution in [0.25, 0.3) is 0 Å². The van der Waals surface area contributed by atoms with Crippen LogP contribution in [0.3, 0.4) is 0 Å². The molecule has 0 aliphatic carbocycles. The monoisotopic (exact) mass is 562 g/mol. The molecule has 10 heteroatoms. The molecule has 0 aromatic heterocycles. The van der Waals surface area contributed by atoms with Crippen LogP contribution in [0.15, 0.2) is 24.3 Å². The number of nitrogens with two attached hydrogens (primary N) is 1. The van der Waals surface area contributed by atoms with Crippen LogP contribution in [-0.2, 0) is 19.1 Å². The van der Waals surface area contributed by atoms with Gasteiger partial charge in [-0.3, -0.25) is 14.4 Å². The third-order valence-electron chi connectivity index (χ3n) is 6.30. The zero-order valence-corrected chi connectivity index (χ0v) is 25.0. The van der Waals surface area contributed by atoms with Gasteiger partial charge in [-0.05, 0) is 57.7 Å². The third-order valence-corrected chi connectivity index (χ3v) is 6.30. The predicted octanol–water partition coefficient (Wildman–Crippen LogP) is 4.70. The van der Waals surface area contributed by atoms with Crippen LogP contribution < -0.4 is 16.4 Å². The Labute approximate surface area is 239 Å². The molecule has 0 aliphatic heterocycles. The molecule has 0 aliphatic rings. The van der Waals surface area contributed by atoms with Gasteiger partial charge in [0.1, 0.15) is 23.4 Å². The molecule has 0 spiro atoms. The first-order chi connectivity index (χ1) is 18.9. The summed E-state index contributed by atoms with van der Waals surface area (Å²) in [6.07, 6.45) is 6.55. The van der Waals surface area contributed by atoms with Crippen LogP contribution >= 0.6 is 0 Å². The maximum Gasteiger partial charge on any atom is 0.408 e. The molecule has 2 atom stereocenters. The van der Waals surface area contributed by atoms with E-state index < -0.39 is 35.6 Å². The Bertz CT molecular complexity index is 929. The summed E-state index contributed by atoms with van der Waals surface area (Å²) in [5.74, 6) is -1.44. The second-order valence-corrected chi connectivity index (χ2v) is 11.1. The molecule has 10 nitrogen and oxygen atoms in total. The number of nitrogens with one attached hydrogen (secondary N) is 2. The highest BCUT2D eigenvalue weighted by molar-refractivity contribution is 5.92. The molecule has 4 amide bonds. The molecule has 0 radical (unpaired) electrons. The topological polar surface area (TPSA) is 151 Å². The van der Waals surface area contributed by atoms with E-state index >= 15 is 0 Å². The number of amides is 4. The Hall–Kier alpha value is -3.30. The van der Waals surface area contributed by atoms with Crippen molar-refractivity contribution in [2.45, 2.75) is 117 Å². The number of primary amides is 1. The van der Waals surface area contributed by atoms with Gasteiger partial charge in [0, 0.05) is 19.5 Å². The molecule has 5 N–H and O–H groups in total. The maximum atomic E-state index is 14.1. The fourth-order valence-electron chi connectivity index (χ4n) is 4.24. The predicted molar refractivity (Wildman–Crippen MR) is 155 cm³/mol. The first-order valence-electron chi connectivity index (χ1n) is 14.5. The van der Waals surface area contributed by atoms with E-state index in [9.17, 15) is 24.3 Å². The van der Waals surface area contributed by atoms with Crippen molar-refractivity contribution in [3.05, 3.63) is 29.8 Å². The van der Waals surface area contributed by atoms with Crippen LogP contribution in [-0.4, -0.2) is 58.6 Å². The normalized spacial score (nSPS) is 12.7. The van der Waals surface area contributed by atoms with Gasteiger partial charge in [0.25, 0.3) is 0 Å². The van der Waals surface area contributed by atoms with Gasteiger partial charge >= 0.3 is 6.09 Å². The number of phenols is 1. The van der Waals surface area contributed by atoms with Crippen molar-refractivity contribution in [2.24, 2.45) is 5.73 Å². The number of carbonyl (C=O) groups is 4. The molecule has 1 aromatic carbocycles. The summed E-state index contributed by atoms with van der Waals surface area (Å²) in [4.78, 5) is 53.4. The van der Waals surface area contributed by atoms with Gasteiger partial charge in [-0.1, -0.05) is 64.5 Å². The van der Waals surface area contributed by atoms with Crippen molar-refractivity contribution in [1.29, 1.82) is 0 Å². The Balaban J connectivity index is 3.41. The smallest absolute Gasteiger partial charge is 0.408 e. The summed E-state index contributed by atoms with van der Waals surface area (Å²) >= 11 is 0. The number of ether oxygens (including phenoxy) is 1. The Kier molecular flexibility index (Phi) is 15.7. The Morgan fingerprint density at radius 3 is 2.12 bits per heavy atom. The summed E-state index contributed by atoms with van der Waals surface area (Å²) in [6.45, 7) is 10.00. The van der Waals surface area contributed by atoms with Gasteiger partial charge in [-0.25, -0.2) is 4.79 Å². The minimum atomic E-state index is -1.13. The number of carbonyl (C=O) groups excluding carboxylic acids is 4. The van der Waals surface area contributed by atoms with Gasteiger partial charge in [-0.15, -0.1) is 0 Å². The van der Waals surface area contributed by atoms with Crippen LogP contribution in [0.5, 0.6) is 5.75 Å². The molecule has 0 saturated heterocycles.